The van der Waals surface area contributed by atoms with Gasteiger partial charge < -0.3 is 24.2 Å². The Labute approximate surface area is 171 Å². The largest absolute Gasteiger partial charge is 0.389 e. The first-order chi connectivity index (χ1) is 14.0. The average molecular weight is 410 g/mol. The summed E-state index contributed by atoms with van der Waals surface area (Å²) in [5, 5.41) is 10.1. The van der Waals surface area contributed by atoms with Gasteiger partial charge in [-0.1, -0.05) is 6.08 Å². The van der Waals surface area contributed by atoms with Crippen LogP contribution in [0.5, 0.6) is 0 Å². The highest BCUT2D eigenvalue weighted by Gasteiger charge is 2.26. The van der Waals surface area contributed by atoms with Gasteiger partial charge in [0.25, 0.3) is 5.91 Å². The van der Waals surface area contributed by atoms with E-state index in [1.54, 1.807) is 18.1 Å². The first kappa shape index (κ1) is 23.4. The molecule has 0 bridgehead atoms. The molecule has 1 aliphatic heterocycles. The van der Waals surface area contributed by atoms with E-state index in [2.05, 4.69) is 11.5 Å². The van der Waals surface area contributed by atoms with Crippen LogP contribution >= 0.6 is 0 Å². The maximum Gasteiger partial charge on any atom is 0.254 e. The molecule has 2 atom stereocenters. The van der Waals surface area contributed by atoms with Crippen molar-refractivity contribution in [2.45, 2.75) is 12.2 Å². The number of carbonyl (C=O) groups excluding carboxylic acids is 1. The molecular formula is C21H31FN2O5. The Morgan fingerprint density at radius 2 is 2.24 bits per heavy atom. The number of hydrogen-bond acceptors (Lipinski definition) is 6. The third-order valence-corrected chi connectivity index (χ3v) is 4.61. The highest BCUT2D eigenvalue weighted by atomic mass is 19.1. The average Bonchev–Trinajstić information content (AvgIpc) is 2.71. The molecule has 1 aromatic carbocycles. The SMILES string of the molecule is C=CCOC[C@H](O)CN1CCO[C@@H](CN(CCOC)C(=O)c2ccc(F)cc2)C1. The molecule has 1 amide bonds. The van der Waals surface area contributed by atoms with Gasteiger partial charge in [-0.05, 0) is 24.3 Å². The van der Waals surface area contributed by atoms with E-state index < -0.39 is 6.10 Å². The summed E-state index contributed by atoms with van der Waals surface area (Å²) in [6.07, 6.45) is 0.856. The van der Waals surface area contributed by atoms with Crippen LogP contribution in [-0.4, -0.2) is 99.3 Å². The number of aliphatic hydroxyl groups is 1. The monoisotopic (exact) mass is 410 g/mol. The Morgan fingerprint density at radius 3 is 2.93 bits per heavy atom. The number of nitrogens with zero attached hydrogens (tertiary/aromatic N) is 2. The maximum absolute atomic E-state index is 13.2. The summed E-state index contributed by atoms with van der Waals surface area (Å²) < 4.78 is 29.4. The quantitative estimate of drug-likeness (QED) is 0.412. The Balaban J connectivity index is 1.92. The molecule has 1 heterocycles. The van der Waals surface area contributed by atoms with Crippen molar-refractivity contribution in [3.63, 3.8) is 0 Å². The number of methoxy groups -OCH3 is 1. The molecule has 1 aliphatic rings. The molecule has 0 aliphatic carbocycles. The van der Waals surface area contributed by atoms with Gasteiger partial charge in [0.05, 0.1) is 38.6 Å². The summed E-state index contributed by atoms with van der Waals surface area (Å²) in [6.45, 7) is 7.72. The van der Waals surface area contributed by atoms with Crippen LogP contribution in [0.15, 0.2) is 36.9 Å². The van der Waals surface area contributed by atoms with Gasteiger partial charge in [-0.15, -0.1) is 6.58 Å². The van der Waals surface area contributed by atoms with Crippen molar-refractivity contribution < 1.29 is 28.5 Å². The number of morpholine rings is 1. The van der Waals surface area contributed by atoms with E-state index in [1.807, 2.05) is 0 Å². The summed E-state index contributed by atoms with van der Waals surface area (Å²) >= 11 is 0. The number of β-amino-alcohol motifs (C(OH)–C–C–N with tert-alkyl or cyclic N) is 1. The highest BCUT2D eigenvalue weighted by molar-refractivity contribution is 5.94. The second-order valence-electron chi connectivity index (χ2n) is 6.98. The number of rotatable bonds is 12. The molecule has 0 radical (unpaired) electrons. The molecule has 7 nitrogen and oxygen atoms in total. The van der Waals surface area contributed by atoms with Crippen molar-refractivity contribution in [1.82, 2.24) is 9.80 Å². The Bertz CT molecular complexity index is 628. The van der Waals surface area contributed by atoms with Crippen LogP contribution in [-0.2, 0) is 14.2 Å². The third-order valence-electron chi connectivity index (χ3n) is 4.61. The summed E-state index contributed by atoms with van der Waals surface area (Å²) in [6, 6.07) is 5.50. The maximum atomic E-state index is 13.2. The van der Waals surface area contributed by atoms with Crippen molar-refractivity contribution in [2.24, 2.45) is 0 Å². The van der Waals surface area contributed by atoms with E-state index in [-0.39, 0.29) is 24.4 Å². The molecule has 0 saturated carbocycles. The van der Waals surface area contributed by atoms with Gasteiger partial charge >= 0.3 is 0 Å². The Kier molecular flexibility index (Phi) is 10.2. The molecule has 1 saturated heterocycles. The van der Waals surface area contributed by atoms with E-state index in [1.165, 1.54) is 24.3 Å². The summed E-state index contributed by atoms with van der Waals surface area (Å²) in [5.74, 6) is -0.576. The molecule has 1 N–H and O–H groups in total. The van der Waals surface area contributed by atoms with Crippen LogP contribution < -0.4 is 0 Å². The van der Waals surface area contributed by atoms with Crippen LogP contribution in [0.3, 0.4) is 0 Å². The van der Waals surface area contributed by atoms with Crippen LogP contribution in [0, 0.1) is 5.82 Å². The van der Waals surface area contributed by atoms with E-state index in [0.29, 0.717) is 58.1 Å². The first-order valence-electron chi connectivity index (χ1n) is 9.78. The Morgan fingerprint density at radius 1 is 1.48 bits per heavy atom. The molecule has 1 aromatic rings. The predicted octanol–water partition coefficient (Wildman–Crippen LogP) is 1.18. The van der Waals surface area contributed by atoms with Gasteiger partial charge in [0, 0.05) is 45.4 Å². The van der Waals surface area contributed by atoms with Gasteiger partial charge in [-0.25, -0.2) is 4.39 Å². The lowest BCUT2D eigenvalue weighted by Crippen LogP contribution is -2.51. The summed E-state index contributed by atoms with van der Waals surface area (Å²) in [5.41, 5.74) is 0.421. The molecular weight excluding hydrogens is 379 g/mol. The fraction of sp³-hybridized carbons (Fsp3) is 0.571. The highest BCUT2D eigenvalue weighted by Crippen LogP contribution is 2.12. The predicted molar refractivity (Wildman–Crippen MR) is 107 cm³/mol. The molecule has 0 unspecified atom stereocenters. The molecule has 8 heteroatoms. The minimum absolute atomic E-state index is 0.189. The number of halogens is 1. The van der Waals surface area contributed by atoms with Gasteiger partial charge in [-0.2, -0.15) is 0 Å². The summed E-state index contributed by atoms with van der Waals surface area (Å²) in [7, 11) is 1.58. The fourth-order valence-corrected chi connectivity index (χ4v) is 3.19. The lowest BCUT2D eigenvalue weighted by Gasteiger charge is -2.36. The number of aliphatic hydroxyl groups excluding tert-OH is 1. The van der Waals surface area contributed by atoms with E-state index in [4.69, 9.17) is 14.2 Å². The zero-order valence-corrected chi connectivity index (χ0v) is 17.0. The lowest BCUT2D eigenvalue weighted by atomic mass is 10.1. The van der Waals surface area contributed by atoms with Crippen molar-refractivity contribution in [2.75, 3.05) is 66.3 Å². The van der Waals surface area contributed by atoms with Crippen molar-refractivity contribution in [3.8, 4) is 0 Å². The van der Waals surface area contributed by atoms with Crippen LogP contribution in [0.2, 0.25) is 0 Å². The van der Waals surface area contributed by atoms with Crippen LogP contribution in [0.1, 0.15) is 10.4 Å². The number of amides is 1. The molecule has 1 fully saturated rings. The van der Waals surface area contributed by atoms with Crippen molar-refractivity contribution in [3.05, 3.63) is 48.3 Å². The minimum atomic E-state index is -0.598. The number of ether oxygens (including phenoxy) is 3. The minimum Gasteiger partial charge on any atom is -0.389 e. The molecule has 0 aromatic heterocycles. The number of hydrogen-bond donors (Lipinski definition) is 1. The van der Waals surface area contributed by atoms with Gasteiger partial charge in [-0.3, -0.25) is 9.69 Å². The normalized spacial score (nSPS) is 18.4. The van der Waals surface area contributed by atoms with Gasteiger partial charge in [0.15, 0.2) is 0 Å². The second kappa shape index (κ2) is 12.7. The topological polar surface area (TPSA) is 71.5 Å². The van der Waals surface area contributed by atoms with Crippen LogP contribution in [0.25, 0.3) is 0 Å². The Hall–Kier alpha value is -1.84. The third kappa shape index (κ3) is 8.20. The molecule has 29 heavy (non-hydrogen) atoms. The van der Waals surface area contributed by atoms with Crippen LogP contribution in [0.4, 0.5) is 4.39 Å². The molecule has 162 valence electrons. The van der Waals surface area contributed by atoms with E-state index >= 15 is 0 Å². The second-order valence-corrected chi connectivity index (χ2v) is 6.98. The molecule has 0 spiro atoms. The van der Waals surface area contributed by atoms with Gasteiger partial charge in [0.2, 0.25) is 0 Å². The van der Waals surface area contributed by atoms with Gasteiger partial charge in [0.1, 0.15) is 5.82 Å². The van der Waals surface area contributed by atoms with E-state index in [9.17, 15) is 14.3 Å². The zero-order chi connectivity index (χ0) is 21.1. The standard InChI is InChI=1S/C21H31FN2O5/c1-3-10-28-16-19(25)13-23-8-12-29-20(14-23)15-24(9-11-27-2)21(26)17-4-6-18(22)7-5-17/h3-7,19-20,25H,1,8-16H2,2H3/t19-,20-/m1/s1. The molecule has 2 rings (SSSR count). The van der Waals surface area contributed by atoms with Crippen molar-refractivity contribution >= 4 is 5.91 Å². The van der Waals surface area contributed by atoms with E-state index in [0.717, 1.165) is 0 Å². The first-order valence-corrected chi connectivity index (χ1v) is 9.78. The zero-order valence-electron chi connectivity index (χ0n) is 17.0. The lowest BCUT2D eigenvalue weighted by molar-refractivity contribution is -0.0585. The number of carbonyl (C=O) groups is 1. The summed E-state index contributed by atoms with van der Waals surface area (Å²) in [4.78, 5) is 16.6. The smallest absolute Gasteiger partial charge is 0.254 e. The number of benzene rings is 1. The fourth-order valence-electron chi connectivity index (χ4n) is 3.19. The van der Waals surface area contributed by atoms with Crippen molar-refractivity contribution in [1.29, 1.82) is 0 Å².